The molecule has 0 spiro atoms. The predicted molar refractivity (Wildman–Crippen MR) is 140 cm³/mol. The van der Waals surface area contributed by atoms with Crippen LogP contribution in [0.5, 0.6) is 0 Å². The van der Waals surface area contributed by atoms with E-state index in [0.29, 0.717) is 16.9 Å². The van der Waals surface area contributed by atoms with Gasteiger partial charge in [-0.3, -0.25) is 8.63 Å². The van der Waals surface area contributed by atoms with E-state index < -0.39 is 7.40 Å². The minimum absolute atomic E-state index is 0.0880. The van der Waals surface area contributed by atoms with E-state index in [2.05, 4.69) is 53.7 Å². The summed E-state index contributed by atoms with van der Waals surface area (Å²) in [5.41, 5.74) is 5.60. The van der Waals surface area contributed by atoms with Crippen LogP contribution in [0, 0.1) is 0 Å². The highest BCUT2D eigenvalue weighted by Gasteiger charge is 2.29. The van der Waals surface area contributed by atoms with Crippen LogP contribution < -0.4 is 0 Å². The maximum Gasteiger partial charge on any atom is 0.678 e. The Labute approximate surface area is 199 Å². The first-order chi connectivity index (χ1) is 15.9. The van der Waals surface area contributed by atoms with Crippen molar-refractivity contribution in [2.45, 2.75) is 52.4 Å². The fraction of sp³-hybridized carbons (Fsp3) is 0.321. The molecule has 0 aliphatic rings. The highest BCUT2D eigenvalue weighted by molar-refractivity contribution is 6.46. The lowest BCUT2D eigenvalue weighted by atomic mass is 9.84. The number of aryl methyl sites for hydroxylation is 1. The van der Waals surface area contributed by atoms with Gasteiger partial charge >= 0.3 is 7.40 Å². The van der Waals surface area contributed by atoms with Crippen molar-refractivity contribution in [3.63, 3.8) is 0 Å². The van der Waals surface area contributed by atoms with Gasteiger partial charge in [0, 0.05) is 28.9 Å². The predicted octanol–water partition coefficient (Wildman–Crippen LogP) is 7.72. The number of fused-ring (bicyclic) bond motifs is 4. The molecule has 0 fully saturated rings. The van der Waals surface area contributed by atoms with Gasteiger partial charge in [0.1, 0.15) is 5.82 Å². The van der Waals surface area contributed by atoms with Gasteiger partial charge in [-0.05, 0) is 58.4 Å². The molecule has 0 atom stereocenters. The molecule has 0 radical (unpaired) electrons. The molecule has 0 bridgehead atoms. The number of hydrogen-bond donors (Lipinski definition) is 0. The number of benzene rings is 3. The van der Waals surface area contributed by atoms with Crippen molar-refractivity contribution < 1.29 is 8.63 Å². The molecule has 5 rings (SSSR count). The summed E-state index contributed by atoms with van der Waals surface area (Å²) >= 11 is 0. The van der Waals surface area contributed by atoms with Crippen LogP contribution in [0.25, 0.3) is 44.2 Å². The molecule has 0 aliphatic heterocycles. The van der Waals surface area contributed by atoms with Crippen molar-refractivity contribution >= 4 is 40.2 Å². The first-order valence-corrected chi connectivity index (χ1v) is 11.7. The molecule has 0 saturated heterocycles. The standard InChI is InChI=1S/C28H30BF2N3/c1-27(2,3)17-12-13-23-19(14-17)20-15-18(28(4,5)6)16-21(25(20)34(23)29(30)31)26-32-22-10-8-9-11-24(22)33(26)7/h8-16H,1-7H3. The quantitative estimate of drug-likeness (QED) is 0.249. The van der Waals surface area contributed by atoms with Gasteiger partial charge < -0.3 is 9.05 Å². The topological polar surface area (TPSA) is 22.8 Å². The molecule has 174 valence electrons. The first-order valence-electron chi connectivity index (χ1n) is 11.7. The smallest absolute Gasteiger partial charge is 0.327 e. The molecule has 0 saturated carbocycles. The van der Waals surface area contributed by atoms with E-state index in [9.17, 15) is 8.63 Å². The molecule has 6 heteroatoms. The minimum Gasteiger partial charge on any atom is -0.327 e. The average Bonchev–Trinajstić information content (AvgIpc) is 3.27. The van der Waals surface area contributed by atoms with E-state index >= 15 is 0 Å². The van der Waals surface area contributed by atoms with Crippen molar-refractivity contribution in [2.24, 2.45) is 7.05 Å². The van der Waals surface area contributed by atoms with Gasteiger partial charge in [-0.25, -0.2) is 4.98 Å². The molecule has 34 heavy (non-hydrogen) atoms. The lowest BCUT2D eigenvalue weighted by Crippen LogP contribution is -2.15. The molecule has 3 nitrogen and oxygen atoms in total. The van der Waals surface area contributed by atoms with Crippen molar-refractivity contribution in [2.75, 3.05) is 0 Å². The van der Waals surface area contributed by atoms with Gasteiger partial charge in [0.15, 0.2) is 0 Å². The number of para-hydroxylation sites is 2. The Morgan fingerprint density at radius 2 is 1.41 bits per heavy atom. The average molecular weight is 457 g/mol. The summed E-state index contributed by atoms with van der Waals surface area (Å²) in [6.45, 7) is 12.9. The van der Waals surface area contributed by atoms with E-state index in [-0.39, 0.29) is 10.8 Å². The fourth-order valence-electron chi connectivity index (χ4n) is 4.84. The lowest BCUT2D eigenvalue weighted by molar-refractivity contribution is 0.590. The number of aromatic nitrogens is 3. The summed E-state index contributed by atoms with van der Waals surface area (Å²) in [4.78, 5) is 4.89. The van der Waals surface area contributed by atoms with Crippen molar-refractivity contribution in [1.29, 1.82) is 0 Å². The third-order valence-corrected chi connectivity index (χ3v) is 6.85. The number of hydrogen-bond acceptors (Lipinski definition) is 1. The maximum atomic E-state index is 14.7. The van der Waals surface area contributed by atoms with Gasteiger partial charge in [0.2, 0.25) is 0 Å². The number of halogens is 2. The summed E-state index contributed by atoms with van der Waals surface area (Å²) in [6, 6.07) is 17.9. The first kappa shape index (κ1) is 22.6. The number of rotatable bonds is 2. The Morgan fingerprint density at radius 1 is 0.765 bits per heavy atom. The van der Waals surface area contributed by atoms with E-state index in [4.69, 9.17) is 4.98 Å². The highest BCUT2D eigenvalue weighted by Crippen LogP contribution is 2.41. The van der Waals surface area contributed by atoms with Crippen LogP contribution in [0.3, 0.4) is 0 Å². The van der Waals surface area contributed by atoms with E-state index in [0.717, 1.165) is 38.5 Å². The van der Waals surface area contributed by atoms with Crippen molar-refractivity contribution in [3.8, 4) is 11.4 Å². The van der Waals surface area contributed by atoms with E-state index in [1.807, 2.05) is 54.1 Å². The van der Waals surface area contributed by atoms with Crippen LogP contribution in [0.4, 0.5) is 8.63 Å². The van der Waals surface area contributed by atoms with Crippen LogP contribution >= 0.6 is 0 Å². The second-order valence-corrected chi connectivity index (χ2v) is 11.3. The zero-order valence-corrected chi connectivity index (χ0v) is 20.9. The summed E-state index contributed by atoms with van der Waals surface area (Å²) in [5.74, 6) is 0.693. The lowest BCUT2D eigenvalue weighted by Gasteiger charge is -2.21. The largest absolute Gasteiger partial charge is 0.678 e. The normalized spacial score (nSPS) is 12.9. The third-order valence-electron chi connectivity index (χ3n) is 6.85. The number of imidazole rings is 1. The maximum absolute atomic E-state index is 14.7. The van der Waals surface area contributed by atoms with Gasteiger partial charge in [-0.2, -0.15) is 0 Å². The number of nitrogens with zero attached hydrogens (tertiary/aromatic N) is 3. The molecular formula is C28H30BF2N3. The van der Waals surface area contributed by atoms with Gasteiger partial charge in [-0.15, -0.1) is 0 Å². The Hall–Kier alpha value is -3.15. The van der Waals surface area contributed by atoms with E-state index in [1.54, 1.807) is 0 Å². The monoisotopic (exact) mass is 457 g/mol. The Kier molecular flexibility index (Phi) is 4.94. The van der Waals surface area contributed by atoms with Crippen LogP contribution in [0.2, 0.25) is 0 Å². The molecule has 0 unspecified atom stereocenters. The third kappa shape index (κ3) is 3.42. The van der Waals surface area contributed by atoms with Crippen molar-refractivity contribution in [1.82, 2.24) is 14.0 Å². The molecule has 0 amide bonds. The molecule has 2 heterocycles. The fourth-order valence-corrected chi connectivity index (χ4v) is 4.84. The second-order valence-electron chi connectivity index (χ2n) is 11.3. The summed E-state index contributed by atoms with van der Waals surface area (Å²) in [6.07, 6.45) is 0. The zero-order chi connectivity index (χ0) is 24.6. The minimum atomic E-state index is -2.67. The van der Waals surface area contributed by atoms with Crippen molar-refractivity contribution in [3.05, 3.63) is 65.7 Å². The van der Waals surface area contributed by atoms with Crippen LogP contribution in [0.1, 0.15) is 52.7 Å². The van der Waals surface area contributed by atoms with E-state index in [1.165, 1.54) is 4.48 Å². The molecule has 2 aromatic heterocycles. The molecular weight excluding hydrogens is 427 g/mol. The van der Waals surface area contributed by atoms with Crippen LogP contribution in [-0.4, -0.2) is 21.4 Å². The molecule has 0 N–H and O–H groups in total. The Morgan fingerprint density at radius 3 is 2.03 bits per heavy atom. The summed E-state index contributed by atoms with van der Waals surface area (Å²) < 4.78 is 32.5. The summed E-state index contributed by atoms with van der Waals surface area (Å²) in [5, 5.41) is 1.70. The van der Waals surface area contributed by atoms with Gasteiger partial charge in [0.25, 0.3) is 0 Å². The van der Waals surface area contributed by atoms with Gasteiger partial charge in [-0.1, -0.05) is 59.7 Å². The van der Waals surface area contributed by atoms with Crippen LogP contribution in [-0.2, 0) is 17.9 Å². The SMILES string of the molecule is Cn1c(-c2cc(C(C)(C)C)cc3c4cc(C(C)(C)C)ccc4n(B(F)F)c23)nc2ccccc21. The molecule has 3 aromatic carbocycles. The highest BCUT2D eigenvalue weighted by atomic mass is 19.2. The summed E-state index contributed by atoms with van der Waals surface area (Å²) in [7, 11) is -0.720. The van der Waals surface area contributed by atoms with Gasteiger partial charge in [0.05, 0.1) is 16.6 Å². The van der Waals surface area contributed by atoms with Crippen LogP contribution in [0.15, 0.2) is 54.6 Å². The molecule has 5 aromatic rings. The Balaban J connectivity index is 1.99. The Bertz CT molecular complexity index is 1560. The molecule has 0 aliphatic carbocycles. The second kappa shape index (κ2) is 7.43. The zero-order valence-electron chi connectivity index (χ0n) is 20.9.